The van der Waals surface area contributed by atoms with Crippen molar-refractivity contribution in [1.29, 1.82) is 0 Å². The second kappa shape index (κ2) is 171. The van der Waals surface area contributed by atoms with E-state index < -0.39 is 0 Å². The van der Waals surface area contributed by atoms with E-state index >= 15 is 0 Å². The van der Waals surface area contributed by atoms with Crippen LogP contribution in [0.3, 0.4) is 0 Å². The molecule has 0 saturated heterocycles. The van der Waals surface area contributed by atoms with Gasteiger partial charge in [-0.25, -0.2) is 0 Å². The van der Waals surface area contributed by atoms with Crippen LogP contribution in [0.15, 0.2) is 6.58 Å². The van der Waals surface area contributed by atoms with Gasteiger partial charge < -0.3 is 14.0 Å². The molecule has 0 saturated carbocycles. The van der Waals surface area contributed by atoms with Gasteiger partial charge in [-0.05, 0) is 0 Å². The third kappa shape index (κ3) is 38.7. The minimum Gasteiger partial charge on any atom is -0.521 e. The molecule has 0 bridgehead atoms. The Balaban J connectivity index is -0.00000000500. The van der Waals surface area contributed by atoms with E-state index in [1.54, 1.807) is 0 Å². The van der Waals surface area contributed by atoms with Crippen molar-refractivity contribution in [2.45, 2.75) is 0 Å². The first-order valence-corrected chi connectivity index (χ1v) is 0.408. The van der Waals surface area contributed by atoms with Gasteiger partial charge in [-0.1, -0.05) is 0 Å². The van der Waals surface area contributed by atoms with Gasteiger partial charge in [-0.15, -0.1) is 0 Å². The second-order valence-corrected chi connectivity index (χ2v) is 0. The Morgan fingerprint density at radius 2 is 1.25 bits per heavy atom. The summed E-state index contributed by atoms with van der Waals surface area (Å²) >= 11 is 0. The molecule has 0 heterocycles. The Morgan fingerprint density at radius 1 is 1.25 bits per heavy atom. The van der Waals surface area contributed by atoms with Gasteiger partial charge in [-0.2, -0.15) is 0 Å². The van der Waals surface area contributed by atoms with E-state index in [-0.39, 0.29) is 26.0 Å². The molecule has 23 valence electrons. The number of rotatable bonds is 0. The van der Waals surface area contributed by atoms with Crippen molar-refractivity contribution in [3.8, 4) is 0 Å². The molecule has 0 rings (SSSR count). The topological polar surface area (TPSA) is 0 Å². The summed E-state index contributed by atoms with van der Waals surface area (Å²) in [5, 5.41) is 0. The van der Waals surface area contributed by atoms with Crippen LogP contribution in [0.25, 0.3) is 0 Å². The maximum Gasteiger partial charge on any atom is 2.00 e. The zero-order valence-electron chi connectivity index (χ0n) is 2.73. The normalized spacial score (nSPS) is 1.00. The van der Waals surface area contributed by atoms with Gasteiger partial charge in [0, 0.05) is 0 Å². The molecule has 0 aromatic rings. The molecule has 0 unspecified atom stereocenters. The molecule has 4 heavy (non-hydrogen) atoms. The maximum absolute atomic E-state index is 4.25. The Labute approximate surface area is 39.8 Å². The quantitative estimate of drug-likeness (QED) is 0.393. The summed E-state index contributed by atoms with van der Waals surface area (Å²) in [6.07, 6.45) is 0. The summed E-state index contributed by atoms with van der Waals surface area (Å²) in [5.41, 5.74) is 0. The zero-order chi connectivity index (χ0) is 2.00. The molecule has 0 nitrogen and oxygen atoms in total. The third-order valence-corrected chi connectivity index (χ3v) is 0. The SMILES string of the molecule is [CH-]=C.[CH3-].[V+2]. The number of hydrogen-bond acceptors (Lipinski definition) is 0. The van der Waals surface area contributed by atoms with Crippen molar-refractivity contribution < 1.29 is 18.6 Å². The van der Waals surface area contributed by atoms with Crippen LogP contribution in [0, 0.1) is 14.0 Å². The molecule has 0 atom stereocenters. The first kappa shape index (κ1) is 27.2. The Kier molecular flexibility index (Phi) is 1160. The van der Waals surface area contributed by atoms with Crippen LogP contribution in [0.1, 0.15) is 0 Å². The molecule has 0 fully saturated rings. The molecule has 0 aromatic heterocycles. The maximum atomic E-state index is 4.25. The average molecular weight is 93.0 g/mol. The van der Waals surface area contributed by atoms with Crippen LogP contribution >= 0.6 is 0 Å². The molecule has 0 aliphatic rings. The van der Waals surface area contributed by atoms with Crippen molar-refractivity contribution in [2.24, 2.45) is 0 Å². The molecular weight excluding hydrogens is 87.0 g/mol. The Hall–Kier alpha value is 0.324. The van der Waals surface area contributed by atoms with Gasteiger partial charge >= 0.3 is 18.6 Å². The van der Waals surface area contributed by atoms with Gasteiger partial charge in [0.05, 0.1) is 0 Å². The minimum atomic E-state index is 0. The minimum absolute atomic E-state index is 0. The van der Waals surface area contributed by atoms with Crippen LogP contribution in [0.4, 0.5) is 0 Å². The first-order chi connectivity index (χ1) is 1.00. The molecule has 1 heteroatoms. The predicted octanol–water partition coefficient (Wildman–Crippen LogP) is 1.05. The molecule has 0 spiro atoms. The molecule has 0 aromatic carbocycles. The monoisotopic (exact) mass is 93.0 g/mol. The van der Waals surface area contributed by atoms with Crippen LogP contribution in [-0.4, -0.2) is 0 Å². The predicted molar refractivity (Wildman–Crippen MR) is 16.3 cm³/mol. The summed E-state index contributed by atoms with van der Waals surface area (Å²) in [5.74, 6) is 0. The number of hydrogen-bond donors (Lipinski definition) is 0. The fraction of sp³-hybridized carbons (Fsp3) is 0. The van der Waals surface area contributed by atoms with Gasteiger partial charge in [0.25, 0.3) is 0 Å². The summed E-state index contributed by atoms with van der Waals surface area (Å²) in [6, 6.07) is 0. The first-order valence-electron chi connectivity index (χ1n) is 0.408. The summed E-state index contributed by atoms with van der Waals surface area (Å²) < 4.78 is 0. The van der Waals surface area contributed by atoms with Gasteiger partial charge in [0.2, 0.25) is 0 Å². The summed E-state index contributed by atoms with van der Waals surface area (Å²) in [4.78, 5) is 0. The van der Waals surface area contributed by atoms with Crippen molar-refractivity contribution >= 4 is 0 Å². The van der Waals surface area contributed by atoms with E-state index in [4.69, 9.17) is 0 Å². The fourth-order valence-corrected chi connectivity index (χ4v) is 0. The fourth-order valence-electron chi connectivity index (χ4n) is 0. The van der Waals surface area contributed by atoms with E-state index in [0.717, 1.165) is 0 Å². The molecule has 0 aliphatic carbocycles. The van der Waals surface area contributed by atoms with E-state index in [2.05, 4.69) is 13.2 Å². The van der Waals surface area contributed by atoms with Crippen molar-refractivity contribution in [1.82, 2.24) is 0 Å². The summed E-state index contributed by atoms with van der Waals surface area (Å²) in [6.45, 7) is 7.00. The second-order valence-electron chi connectivity index (χ2n) is 0. The molecular formula is C3H6V. The van der Waals surface area contributed by atoms with Gasteiger partial charge in [0.1, 0.15) is 0 Å². The van der Waals surface area contributed by atoms with Crippen LogP contribution in [0.2, 0.25) is 0 Å². The molecule has 0 aliphatic heterocycles. The average Bonchev–Trinajstić information content (AvgIpc) is 1.00. The standard InChI is InChI=1S/C2H3.CH3.V/c1-2;;/h1H,2H2;1H3;/q2*-1;+2. The van der Waals surface area contributed by atoms with E-state index in [0.29, 0.717) is 0 Å². The van der Waals surface area contributed by atoms with Gasteiger partial charge in [0.15, 0.2) is 0 Å². The zero-order valence-corrected chi connectivity index (χ0v) is 4.13. The largest absolute Gasteiger partial charge is 2.00 e. The molecule has 1 radical (unpaired) electrons. The van der Waals surface area contributed by atoms with E-state index in [9.17, 15) is 0 Å². The molecule has 0 amide bonds. The van der Waals surface area contributed by atoms with E-state index in [1.807, 2.05) is 0 Å². The Morgan fingerprint density at radius 3 is 1.25 bits per heavy atom. The van der Waals surface area contributed by atoms with Crippen molar-refractivity contribution in [3.63, 3.8) is 0 Å². The van der Waals surface area contributed by atoms with Crippen molar-refractivity contribution in [3.05, 3.63) is 20.6 Å². The van der Waals surface area contributed by atoms with Gasteiger partial charge in [-0.3, -0.25) is 6.58 Å². The Bertz CT molecular complexity index is 3.25. The molecule has 0 N–H and O–H groups in total. The van der Waals surface area contributed by atoms with Crippen LogP contribution < -0.4 is 0 Å². The van der Waals surface area contributed by atoms with Crippen LogP contribution in [0.5, 0.6) is 0 Å². The summed E-state index contributed by atoms with van der Waals surface area (Å²) in [7, 11) is 0. The smallest absolute Gasteiger partial charge is 0.521 e. The third-order valence-electron chi connectivity index (χ3n) is 0. The van der Waals surface area contributed by atoms with Crippen LogP contribution in [-0.2, 0) is 18.6 Å². The van der Waals surface area contributed by atoms with E-state index in [1.165, 1.54) is 0 Å². The van der Waals surface area contributed by atoms with Crippen molar-refractivity contribution in [2.75, 3.05) is 0 Å².